The van der Waals surface area contributed by atoms with Gasteiger partial charge < -0.3 is 15.3 Å². The van der Waals surface area contributed by atoms with Crippen molar-refractivity contribution in [1.82, 2.24) is 0 Å². The maximum absolute atomic E-state index is 10.6. The Labute approximate surface area is 84.9 Å². The number of allylic oxidation sites excluding steroid dienone is 1. The summed E-state index contributed by atoms with van der Waals surface area (Å²) in [6.07, 6.45) is 1.17. The Morgan fingerprint density at radius 2 is 2.00 bits per heavy atom. The molecule has 0 unspecified atom stereocenters. The van der Waals surface area contributed by atoms with Crippen molar-refractivity contribution < 1.29 is 24.9 Å². The Hall–Kier alpha value is -2.26. The molecule has 78 valence electrons. The van der Waals surface area contributed by atoms with Crippen LogP contribution in [0.2, 0.25) is 0 Å². The molecule has 0 radical (unpaired) electrons. The molecule has 0 aliphatic rings. The van der Waals surface area contributed by atoms with Gasteiger partial charge in [-0.25, -0.2) is 9.59 Å². The van der Waals surface area contributed by atoms with E-state index in [1.54, 1.807) is 0 Å². The fourth-order valence-electron chi connectivity index (χ4n) is 1.11. The van der Waals surface area contributed by atoms with Crippen LogP contribution in [0.1, 0.15) is 15.9 Å². The van der Waals surface area contributed by atoms with E-state index in [0.717, 1.165) is 18.2 Å². The monoisotopic (exact) mass is 208 g/mol. The van der Waals surface area contributed by atoms with Gasteiger partial charge in [-0.05, 0) is 11.6 Å². The molecule has 1 rings (SSSR count). The molecule has 0 bridgehead atoms. The minimum atomic E-state index is -1.30. The Kier molecular flexibility index (Phi) is 3.10. The molecule has 3 N–H and O–H groups in total. The molecule has 0 atom stereocenters. The largest absolute Gasteiger partial charge is 0.508 e. The number of benzene rings is 1. The van der Waals surface area contributed by atoms with Gasteiger partial charge in [0.15, 0.2) is 0 Å². The maximum atomic E-state index is 10.6. The number of phenols is 2. The quantitative estimate of drug-likeness (QED) is 0.636. The van der Waals surface area contributed by atoms with Gasteiger partial charge in [-0.1, -0.05) is 0 Å². The maximum Gasteiger partial charge on any atom is 0.339 e. The summed E-state index contributed by atoms with van der Waals surface area (Å²) in [6.45, 7) is 0. The van der Waals surface area contributed by atoms with Gasteiger partial charge in [-0.15, -0.1) is 0 Å². The minimum Gasteiger partial charge on any atom is -0.508 e. The lowest BCUT2D eigenvalue weighted by Gasteiger charge is -2.05. The number of aromatic hydroxyl groups is 2. The summed E-state index contributed by atoms with van der Waals surface area (Å²) in [4.78, 5) is 20.6. The number of hydrogen-bond acceptors (Lipinski definition) is 4. The van der Waals surface area contributed by atoms with E-state index in [2.05, 4.69) is 0 Å². The highest BCUT2D eigenvalue weighted by molar-refractivity contribution is 5.91. The van der Waals surface area contributed by atoms with Gasteiger partial charge in [0.1, 0.15) is 23.0 Å². The highest BCUT2D eigenvalue weighted by Crippen LogP contribution is 2.27. The number of phenolic OH excluding ortho intramolecular Hbond substituents is 1. The van der Waals surface area contributed by atoms with Crippen LogP contribution in [-0.4, -0.2) is 27.2 Å². The van der Waals surface area contributed by atoms with Gasteiger partial charge in [0.05, 0.1) is 0 Å². The SMILES string of the molecule is O=C=CCc1cc(C(=O)O)c(O)cc1O. The predicted molar refractivity (Wildman–Crippen MR) is 50.7 cm³/mol. The van der Waals surface area contributed by atoms with Crippen molar-refractivity contribution >= 4 is 11.9 Å². The van der Waals surface area contributed by atoms with Crippen molar-refractivity contribution in [3.63, 3.8) is 0 Å². The van der Waals surface area contributed by atoms with Crippen LogP contribution in [-0.2, 0) is 11.2 Å². The summed E-state index contributed by atoms with van der Waals surface area (Å²) >= 11 is 0. The van der Waals surface area contributed by atoms with E-state index in [9.17, 15) is 19.8 Å². The number of carboxylic acids is 1. The molecular weight excluding hydrogens is 200 g/mol. The van der Waals surface area contributed by atoms with Crippen molar-refractivity contribution in [2.24, 2.45) is 0 Å². The normalized spacial score (nSPS) is 9.33. The number of carbonyl (C=O) groups is 1. The molecule has 0 heterocycles. The van der Waals surface area contributed by atoms with Gasteiger partial charge in [-0.2, -0.15) is 0 Å². The smallest absolute Gasteiger partial charge is 0.339 e. The highest BCUT2D eigenvalue weighted by atomic mass is 16.4. The second kappa shape index (κ2) is 4.30. The third-order valence-electron chi connectivity index (χ3n) is 1.83. The van der Waals surface area contributed by atoms with Gasteiger partial charge >= 0.3 is 5.97 Å². The van der Waals surface area contributed by atoms with Crippen molar-refractivity contribution in [3.8, 4) is 11.5 Å². The Morgan fingerprint density at radius 1 is 1.33 bits per heavy atom. The first-order valence-electron chi connectivity index (χ1n) is 4.03. The Balaban J connectivity index is 3.22. The molecule has 1 aromatic carbocycles. The van der Waals surface area contributed by atoms with E-state index in [1.165, 1.54) is 5.94 Å². The molecule has 15 heavy (non-hydrogen) atoms. The molecule has 0 fully saturated rings. The van der Waals surface area contributed by atoms with E-state index >= 15 is 0 Å². The van der Waals surface area contributed by atoms with Gasteiger partial charge in [0.25, 0.3) is 0 Å². The van der Waals surface area contributed by atoms with Crippen LogP contribution in [0.3, 0.4) is 0 Å². The summed E-state index contributed by atoms with van der Waals surface area (Å²) in [5, 5.41) is 27.2. The summed E-state index contributed by atoms with van der Waals surface area (Å²) in [6, 6.07) is 2.04. The average molecular weight is 208 g/mol. The standard InChI is InChI=1S/C10H8O5/c11-3-1-2-6-4-7(10(14)15)9(13)5-8(6)12/h1,4-5,12-13H,2H2,(H,14,15). The third-order valence-corrected chi connectivity index (χ3v) is 1.83. The number of carboxylic acid groups (broad SMARTS) is 1. The summed E-state index contributed by atoms with van der Waals surface area (Å²) < 4.78 is 0. The second-order valence-electron chi connectivity index (χ2n) is 2.83. The summed E-state index contributed by atoms with van der Waals surface area (Å²) in [5.41, 5.74) is -0.0735. The fourth-order valence-corrected chi connectivity index (χ4v) is 1.11. The van der Waals surface area contributed by atoms with Crippen LogP contribution in [0.25, 0.3) is 0 Å². The lowest BCUT2D eigenvalue weighted by Crippen LogP contribution is -1.98. The van der Waals surface area contributed by atoms with E-state index in [1.807, 2.05) is 0 Å². The summed E-state index contributed by atoms with van der Waals surface area (Å²) in [5.74, 6) is -0.566. The first kappa shape index (κ1) is 10.8. The first-order valence-corrected chi connectivity index (χ1v) is 4.03. The van der Waals surface area contributed by atoms with E-state index in [4.69, 9.17) is 5.11 Å². The molecule has 0 aromatic heterocycles. The molecule has 0 saturated heterocycles. The molecular formula is C10H8O5. The van der Waals surface area contributed by atoms with Gasteiger partial charge in [0, 0.05) is 18.6 Å². The van der Waals surface area contributed by atoms with Crippen LogP contribution in [0, 0.1) is 0 Å². The highest BCUT2D eigenvalue weighted by Gasteiger charge is 2.13. The molecule has 0 aliphatic heterocycles. The molecule has 0 spiro atoms. The Morgan fingerprint density at radius 3 is 2.53 bits per heavy atom. The number of rotatable bonds is 3. The number of aromatic carboxylic acids is 1. The lowest BCUT2D eigenvalue weighted by molar-refractivity contribution is 0.0693. The third kappa shape index (κ3) is 2.36. The van der Waals surface area contributed by atoms with Crippen molar-refractivity contribution in [1.29, 1.82) is 0 Å². The zero-order valence-electron chi connectivity index (χ0n) is 7.60. The predicted octanol–water partition coefficient (Wildman–Crippen LogP) is 0.726. The van der Waals surface area contributed by atoms with Gasteiger partial charge in [0.2, 0.25) is 0 Å². The molecule has 5 nitrogen and oxygen atoms in total. The van der Waals surface area contributed by atoms with Crippen LogP contribution in [0.5, 0.6) is 11.5 Å². The molecule has 1 aromatic rings. The number of hydrogen-bond donors (Lipinski definition) is 3. The molecule has 0 amide bonds. The van der Waals surface area contributed by atoms with Crippen LogP contribution in [0.15, 0.2) is 18.2 Å². The molecule has 0 aliphatic carbocycles. The first-order chi connectivity index (χ1) is 7.06. The fraction of sp³-hybridized carbons (Fsp3) is 0.100. The van der Waals surface area contributed by atoms with Crippen LogP contribution in [0.4, 0.5) is 0 Å². The Bertz CT molecular complexity index is 443. The molecule has 0 saturated carbocycles. The van der Waals surface area contributed by atoms with Crippen molar-refractivity contribution in [3.05, 3.63) is 29.3 Å². The van der Waals surface area contributed by atoms with Crippen molar-refractivity contribution in [2.45, 2.75) is 6.42 Å². The second-order valence-corrected chi connectivity index (χ2v) is 2.83. The minimum absolute atomic E-state index is 0.0654. The average Bonchev–Trinajstić information content (AvgIpc) is 2.16. The topological polar surface area (TPSA) is 94.8 Å². The summed E-state index contributed by atoms with van der Waals surface area (Å²) in [7, 11) is 0. The molecule has 5 heteroatoms. The van der Waals surface area contributed by atoms with Crippen LogP contribution >= 0.6 is 0 Å². The van der Waals surface area contributed by atoms with E-state index < -0.39 is 11.7 Å². The lowest BCUT2D eigenvalue weighted by atomic mass is 10.1. The zero-order chi connectivity index (χ0) is 11.4. The van der Waals surface area contributed by atoms with Gasteiger partial charge in [-0.3, -0.25) is 0 Å². The van der Waals surface area contributed by atoms with E-state index in [0.29, 0.717) is 0 Å². The van der Waals surface area contributed by atoms with Crippen LogP contribution < -0.4 is 0 Å². The zero-order valence-corrected chi connectivity index (χ0v) is 7.60. The van der Waals surface area contributed by atoms with Crippen molar-refractivity contribution in [2.75, 3.05) is 0 Å². The number of carbonyl (C=O) groups excluding carboxylic acids is 1. The van der Waals surface area contributed by atoms with E-state index in [-0.39, 0.29) is 23.3 Å².